The average Bonchev–Trinajstić information content (AvgIpc) is 3.19. The normalized spacial score (nSPS) is 11.6. The van der Waals surface area contributed by atoms with Gasteiger partial charge in [-0.05, 0) is 44.4 Å². The fraction of sp³-hybridized carbons (Fsp3) is 0.565. The zero-order chi connectivity index (χ0) is 22.0. The van der Waals surface area contributed by atoms with Gasteiger partial charge in [0.1, 0.15) is 12.3 Å². The van der Waals surface area contributed by atoms with Crippen molar-refractivity contribution in [3.8, 4) is 11.5 Å². The molecule has 0 saturated heterocycles. The highest BCUT2D eigenvalue weighted by Gasteiger charge is 2.19. The SMILES string of the molecule is CCNC(=NCc1ncc(C(C)(C)C)o1)NCCCc1ccc(OC)c(OCC)c1.I. The standard InChI is InChI=1S/C23H36N4O3.HI/c1-7-24-22(27-16-21-26-15-20(30-21)23(3,4)5)25-13-9-10-17-11-12-18(28-6)19(14-17)29-8-2;/h11-12,14-15H,7-10,13,16H2,1-6H3,(H2,24,25,27);1H. The van der Waals surface area contributed by atoms with Gasteiger partial charge in [0.05, 0.1) is 19.9 Å². The first-order valence-corrected chi connectivity index (χ1v) is 10.6. The van der Waals surface area contributed by atoms with E-state index in [4.69, 9.17) is 13.9 Å². The Morgan fingerprint density at radius 2 is 1.94 bits per heavy atom. The van der Waals surface area contributed by atoms with E-state index >= 15 is 0 Å². The third-order valence-electron chi connectivity index (χ3n) is 4.47. The summed E-state index contributed by atoms with van der Waals surface area (Å²) in [5, 5.41) is 6.64. The van der Waals surface area contributed by atoms with Crippen molar-refractivity contribution in [1.29, 1.82) is 0 Å². The van der Waals surface area contributed by atoms with Crippen molar-refractivity contribution in [3.63, 3.8) is 0 Å². The fourth-order valence-corrected chi connectivity index (χ4v) is 2.86. The minimum absolute atomic E-state index is 0. The van der Waals surface area contributed by atoms with Crippen molar-refractivity contribution in [2.45, 2.75) is 59.4 Å². The first kappa shape index (κ1) is 27.1. The van der Waals surface area contributed by atoms with Gasteiger partial charge in [0.15, 0.2) is 17.5 Å². The lowest BCUT2D eigenvalue weighted by molar-refractivity contribution is 0.310. The molecule has 0 spiro atoms. The Labute approximate surface area is 203 Å². The Bertz CT molecular complexity index is 815. The van der Waals surface area contributed by atoms with Gasteiger partial charge in [-0.2, -0.15) is 0 Å². The van der Waals surface area contributed by atoms with Gasteiger partial charge >= 0.3 is 0 Å². The second-order valence-corrected chi connectivity index (χ2v) is 8.01. The van der Waals surface area contributed by atoms with Crippen LogP contribution in [0.4, 0.5) is 0 Å². The van der Waals surface area contributed by atoms with Gasteiger partial charge < -0.3 is 24.5 Å². The maximum atomic E-state index is 5.81. The summed E-state index contributed by atoms with van der Waals surface area (Å²) in [6.07, 6.45) is 3.69. The maximum Gasteiger partial charge on any atom is 0.216 e. The van der Waals surface area contributed by atoms with E-state index < -0.39 is 0 Å². The third-order valence-corrected chi connectivity index (χ3v) is 4.47. The van der Waals surface area contributed by atoms with Crippen molar-refractivity contribution in [3.05, 3.63) is 41.6 Å². The van der Waals surface area contributed by atoms with Crippen LogP contribution in [-0.4, -0.2) is 37.7 Å². The number of hydrogen-bond acceptors (Lipinski definition) is 5. The van der Waals surface area contributed by atoms with E-state index in [9.17, 15) is 0 Å². The molecule has 0 atom stereocenters. The molecule has 1 heterocycles. The van der Waals surface area contributed by atoms with E-state index in [-0.39, 0.29) is 29.4 Å². The van der Waals surface area contributed by atoms with Crippen LogP contribution in [-0.2, 0) is 18.4 Å². The number of methoxy groups -OCH3 is 1. The second-order valence-electron chi connectivity index (χ2n) is 8.01. The molecule has 0 unspecified atom stereocenters. The lowest BCUT2D eigenvalue weighted by atomic mass is 9.94. The monoisotopic (exact) mass is 544 g/mol. The summed E-state index contributed by atoms with van der Waals surface area (Å²) in [5.41, 5.74) is 1.17. The molecule has 1 aromatic heterocycles. The summed E-state index contributed by atoms with van der Waals surface area (Å²) in [5.74, 6) is 3.82. The number of nitrogens with one attached hydrogen (secondary N) is 2. The van der Waals surface area contributed by atoms with Crippen LogP contribution in [0, 0.1) is 0 Å². The molecule has 0 fully saturated rings. The number of oxazole rings is 1. The summed E-state index contributed by atoms with van der Waals surface area (Å²) in [6.45, 7) is 13.0. The predicted octanol–water partition coefficient (Wildman–Crippen LogP) is 4.69. The largest absolute Gasteiger partial charge is 0.493 e. The van der Waals surface area contributed by atoms with Gasteiger partial charge in [0, 0.05) is 18.5 Å². The first-order valence-electron chi connectivity index (χ1n) is 10.6. The highest BCUT2D eigenvalue weighted by atomic mass is 127. The first-order chi connectivity index (χ1) is 14.4. The summed E-state index contributed by atoms with van der Waals surface area (Å²) in [7, 11) is 1.66. The van der Waals surface area contributed by atoms with E-state index in [1.165, 1.54) is 5.56 Å². The van der Waals surface area contributed by atoms with E-state index in [2.05, 4.69) is 53.5 Å². The number of rotatable bonds is 10. The molecule has 0 aliphatic carbocycles. The zero-order valence-electron chi connectivity index (χ0n) is 19.6. The molecule has 0 aliphatic rings. The van der Waals surface area contributed by atoms with Gasteiger partial charge in [-0.15, -0.1) is 24.0 Å². The maximum absolute atomic E-state index is 5.81. The Balaban J connectivity index is 0.00000480. The van der Waals surface area contributed by atoms with Crippen LogP contribution in [0.2, 0.25) is 0 Å². The lowest BCUT2D eigenvalue weighted by Crippen LogP contribution is -2.37. The Morgan fingerprint density at radius 3 is 2.55 bits per heavy atom. The molecule has 0 radical (unpaired) electrons. The van der Waals surface area contributed by atoms with Crippen LogP contribution in [0.5, 0.6) is 11.5 Å². The molecule has 174 valence electrons. The highest BCUT2D eigenvalue weighted by molar-refractivity contribution is 14.0. The number of hydrogen-bond donors (Lipinski definition) is 2. The number of nitrogens with zero attached hydrogens (tertiary/aromatic N) is 2. The van der Waals surface area contributed by atoms with Gasteiger partial charge in [0.25, 0.3) is 0 Å². The molecule has 0 bridgehead atoms. The molecule has 2 aromatic rings. The minimum Gasteiger partial charge on any atom is -0.493 e. The predicted molar refractivity (Wildman–Crippen MR) is 136 cm³/mol. The van der Waals surface area contributed by atoms with E-state index in [0.717, 1.165) is 49.1 Å². The molecule has 8 heteroatoms. The number of ether oxygens (including phenoxy) is 2. The molecule has 31 heavy (non-hydrogen) atoms. The lowest BCUT2D eigenvalue weighted by Gasteiger charge is -2.13. The van der Waals surface area contributed by atoms with Gasteiger partial charge in [-0.25, -0.2) is 9.98 Å². The number of benzene rings is 1. The van der Waals surface area contributed by atoms with Crippen LogP contribution >= 0.6 is 24.0 Å². The average molecular weight is 544 g/mol. The van der Waals surface area contributed by atoms with Gasteiger partial charge in [0.2, 0.25) is 5.89 Å². The molecular weight excluding hydrogens is 507 g/mol. The van der Waals surface area contributed by atoms with E-state index in [0.29, 0.717) is 19.0 Å². The van der Waals surface area contributed by atoms with Gasteiger partial charge in [-0.1, -0.05) is 26.8 Å². The Morgan fingerprint density at radius 1 is 1.16 bits per heavy atom. The molecule has 2 rings (SSSR count). The van der Waals surface area contributed by atoms with Crippen molar-refractivity contribution in [1.82, 2.24) is 15.6 Å². The van der Waals surface area contributed by atoms with Crippen LogP contribution in [0.15, 0.2) is 33.8 Å². The molecule has 1 aromatic carbocycles. The third kappa shape index (κ3) is 8.96. The molecule has 7 nitrogen and oxygen atoms in total. The second kappa shape index (κ2) is 13.4. The summed E-state index contributed by atoms with van der Waals surface area (Å²) < 4.78 is 16.8. The molecule has 2 N–H and O–H groups in total. The number of aryl methyl sites for hydroxylation is 1. The molecule has 0 amide bonds. The van der Waals surface area contributed by atoms with Crippen molar-refractivity contribution >= 4 is 29.9 Å². The summed E-state index contributed by atoms with van der Waals surface area (Å²) >= 11 is 0. The molecule has 0 aliphatic heterocycles. The van der Waals surface area contributed by atoms with Crippen molar-refractivity contribution < 1.29 is 13.9 Å². The Hall–Kier alpha value is -1.97. The number of halogens is 1. The Kier molecular flexibility index (Phi) is 11.7. The van der Waals surface area contributed by atoms with Crippen molar-refractivity contribution in [2.75, 3.05) is 26.8 Å². The van der Waals surface area contributed by atoms with Crippen LogP contribution in [0.25, 0.3) is 0 Å². The van der Waals surface area contributed by atoms with E-state index in [1.807, 2.05) is 19.9 Å². The van der Waals surface area contributed by atoms with Gasteiger partial charge in [-0.3, -0.25) is 0 Å². The fourth-order valence-electron chi connectivity index (χ4n) is 2.86. The zero-order valence-corrected chi connectivity index (χ0v) is 21.9. The minimum atomic E-state index is -0.0544. The topological polar surface area (TPSA) is 80.9 Å². The molecule has 0 saturated carbocycles. The van der Waals surface area contributed by atoms with E-state index in [1.54, 1.807) is 13.3 Å². The highest BCUT2D eigenvalue weighted by Crippen LogP contribution is 2.28. The van der Waals surface area contributed by atoms with Crippen molar-refractivity contribution in [2.24, 2.45) is 4.99 Å². The van der Waals surface area contributed by atoms with Crippen LogP contribution in [0.3, 0.4) is 0 Å². The molecular formula is C23H37IN4O3. The number of aromatic nitrogens is 1. The number of guanidine groups is 1. The van der Waals surface area contributed by atoms with Crippen LogP contribution in [0.1, 0.15) is 58.3 Å². The number of aliphatic imine (C=N–C) groups is 1. The smallest absolute Gasteiger partial charge is 0.216 e. The summed E-state index contributed by atoms with van der Waals surface area (Å²) in [6, 6.07) is 6.09. The van der Waals surface area contributed by atoms with Crippen LogP contribution < -0.4 is 20.1 Å². The quantitative estimate of drug-likeness (QED) is 0.196. The summed E-state index contributed by atoms with van der Waals surface area (Å²) in [4.78, 5) is 8.92.